The fourth-order valence-electron chi connectivity index (χ4n) is 2.90. The molecule has 27 heavy (non-hydrogen) atoms. The van der Waals surface area contributed by atoms with E-state index in [1.807, 2.05) is 23.2 Å². The maximum Gasteiger partial charge on any atom is 0.352 e. The third-order valence-electron chi connectivity index (χ3n) is 4.24. The Bertz CT molecular complexity index is 1160. The number of aromatic carboxylic acids is 1. The molecule has 3 aromatic rings. The number of aryl methyl sites for hydroxylation is 1. The molecule has 0 unspecified atom stereocenters. The molecular weight excluding hydrogens is 352 g/mol. The largest absolute Gasteiger partial charge is 0.477 e. The predicted octanol–water partition coefficient (Wildman–Crippen LogP) is 1.49. The van der Waals surface area contributed by atoms with Gasteiger partial charge in [-0.05, 0) is 41.3 Å². The third kappa shape index (κ3) is 3.79. The predicted molar refractivity (Wildman–Crippen MR) is 97.3 cm³/mol. The van der Waals surface area contributed by atoms with Crippen LogP contribution < -0.4 is 11.2 Å². The van der Waals surface area contributed by atoms with Crippen LogP contribution in [0.1, 0.15) is 32.0 Å². The highest BCUT2D eigenvalue weighted by Gasteiger charge is 2.15. The monoisotopic (exact) mass is 368 g/mol. The highest BCUT2D eigenvalue weighted by molar-refractivity contribution is 5.95. The summed E-state index contributed by atoms with van der Waals surface area (Å²) in [5, 5.41) is 10.9. The maximum absolute atomic E-state index is 11.9. The molecule has 0 aliphatic heterocycles. The molecular formula is C19H16N2O6. The van der Waals surface area contributed by atoms with E-state index in [-0.39, 0.29) is 12.0 Å². The van der Waals surface area contributed by atoms with Crippen molar-refractivity contribution in [2.75, 3.05) is 7.11 Å². The van der Waals surface area contributed by atoms with E-state index in [4.69, 9.17) is 4.74 Å². The summed E-state index contributed by atoms with van der Waals surface area (Å²) in [5.74, 6) is -1.78. The maximum atomic E-state index is 11.9. The number of esters is 1. The van der Waals surface area contributed by atoms with E-state index >= 15 is 0 Å². The Hall–Kier alpha value is -3.68. The van der Waals surface area contributed by atoms with Gasteiger partial charge in [0.2, 0.25) is 0 Å². The average Bonchev–Trinajstić information content (AvgIpc) is 2.65. The minimum atomic E-state index is -1.36. The molecule has 8 nitrogen and oxygen atoms in total. The summed E-state index contributed by atoms with van der Waals surface area (Å²) in [5.41, 5.74) is -0.609. The molecule has 0 bridgehead atoms. The number of carboxylic acids is 1. The van der Waals surface area contributed by atoms with Gasteiger partial charge in [-0.1, -0.05) is 24.3 Å². The normalized spacial score (nSPS) is 10.7. The van der Waals surface area contributed by atoms with Gasteiger partial charge in [-0.2, -0.15) is 0 Å². The summed E-state index contributed by atoms with van der Waals surface area (Å²) < 4.78 is 4.70. The van der Waals surface area contributed by atoms with Gasteiger partial charge in [0.1, 0.15) is 5.69 Å². The molecule has 1 aromatic heterocycles. The Morgan fingerprint density at radius 1 is 1.00 bits per heavy atom. The Morgan fingerprint density at radius 2 is 1.70 bits per heavy atom. The number of H-pyrrole nitrogens is 2. The number of carbonyl (C=O) groups excluding carboxylic acids is 1. The van der Waals surface area contributed by atoms with Crippen LogP contribution in [-0.2, 0) is 17.6 Å². The number of hydrogen-bond acceptors (Lipinski definition) is 5. The van der Waals surface area contributed by atoms with E-state index in [1.165, 1.54) is 7.11 Å². The molecule has 0 aliphatic rings. The average molecular weight is 368 g/mol. The van der Waals surface area contributed by atoms with Gasteiger partial charge in [0.05, 0.1) is 12.7 Å². The first kappa shape index (κ1) is 18.1. The first-order valence-corrected chi connectivity index (χ1v) is 8.09. The number of rotatable bonds is 5. The second-order valence-electron chi connectivity index (χ2n) is 5.95. The summed E-state index contributed by atoms with van der Waals surface area (Å²) in [7, 11) is 1.32. The molecule has 3 N–H and O–H groups in total. The number of benzene rings is 2. The second kappa shape index (κ2) is 7.28. The van der Waals surface area contributed by atoms with E-state index in [0.29, 0.717) is 12.0 Å². The molecule has 0 atom stereocenters. The van der Waals surface area contributed by atoms with Gasteiger partial charge in [-0.3, -0.25) is 9.78 Å². The van der Waals surface area contributed by atoms with Crippen molar-refractivity contribution in [2.24, 2.45) is 0 Å². The Labute approximate surface area is 152 Å². The molecule has 8 heteroatoms. The number of aromatic amines is 2. The Kier molecular flexibility index (Phi) is 4.89. The summed E-state index contributed by atoms with van der Waals surface area (Å²) in [6, 6.07) is 10.8. The lowest BCUT2D eigenvalue weighted by Gasteiger charge is -2.07. The Morgan fingerprint density at radius 3 is 2.41 bits per heavy atom. The minimum Gasteiger partial charge on any atom is -0.477 e. The van der Waals surface area contributed by atoms with Crippen molar-refractivity contribution in [2.45, 2.75) is 12.8 Å². The highest BCUT2D eigenvalue weighted by Crippen LogP contribution is 2.19. The van der Waals surface area contributed by atoms with Crippen LogP contribution in [-0.4, -0.2) is 34.1 Å². The van der Waals surface area contributed by atoms with Gasteiger partial charge in [-0.25, -0.2) is 14.4 Å². The molecule has 0 saturated carbocycles. The van der Waals surface area contributed by atoms with Crippen molar-refractivity contribution in [1.29, 1.82) is 0 Å². The van der Waals surface area contributed by atoms with Crippen LogP contribution in [0.3, 0.4) is 0 Å². The number of hydrogen-bond donors (Lipinski definition) is 3. The molecule has 0 amide bonds. The standard InChI is InChI=1S/C19H16N2O6/c1-27-18(25)13-6-5-11-8-10(2-4-12(11)9-13)3-7-14-15(17(23)24)20-19(26)21-16(14)22/h2,4-6,8-9H,3,7H2,1H3,(H,23,24)(H2,20,21,22,26). The molecule has 3 rings (SSSR count). The van der Waals surface area contributed by atoms with Crippen molar-refractivity contribution in [3.63, 3.8) is 0 Å². The van der Waals surface area contributed by atoms with Crippen molar-refractivity contribution in [3.05, 3.63) is 79.6 Å². The summed E-state index contributed by atoms with van der Waals surface area (Å²) in [6.07, 6.45) is 0.559. The van der Waals surface area contributed by atoms with Crippen molar-refractivity contribution >= 4 is 22.7 Å². The van der Waals surface area contributed by atoms with Gasteiger partial charge in [0.15, 0.2) is 0 Å². The first-order chi connectivity index (χ1) is 12.9. The van der Waals surface area contributed by atoms with Crippen molar-refractivity contribution in [1.82, 2.24) is 9.97 Å². The zero-order valence-electron chi connectivity index (χ0n) is 14.4. The molecule has 0 aliphatic carbocycles. The molecule has 0 saturated heterocycles. The van der Waals surface area contributed by atoms with Crippen LogP contribution in [0.5, 0.6) is 0 Å². The molecule has 2 aromatic carbocycles. The summed E-state index contributed by atoms with van der Waals surface area (Å²) in [6.45, 7) is 0. The second-order valence-corrected chi connectivity index (χ2v) is 5.95. The molecule has 0 fully saturated rings. The molecule has 0 spiro atoms. The number of aromatic nitrogens is 2. The molecule has 0 radical (unpaired) electrons. The van der Waals surface area contributed by atoms with E-state index in [1.54, 1.807) is 18.2 Å². The number of nitrogens with one attached hydrogen (secondary N) is 2. The third-order valence-corrected chi connectivity index (χ3v) is 4.24. The van der Waals surface area contributed by atoms with Crippen LogP contribution >= 0.6 is 0 Å². The minimum absolute atomic E-state index is 0.0169. The van der Waals surface area contributed by atoms with Gasteiger partial charge in [-0.15, -0.1) is 0 Å². The Balaban J connectivity index is 1.88. The van der Waals surface area contributed by atoms with Crippen LogP contribution in [0.15, 0.2) is 46.0 Å². The lowest BCUT2D eigenvalue weighted by Crippen LogP contribution is -2.30. The summed E-state index contributed by atoms with van der Waals surface area (Å²) >= 11 is 0. The van der Waals surface area contributed by atoms with Crippen molar-refractivity contribution < 1.29 is 19.4 Å². The van der Waals surface area contributed by atoms with Gasteiger partial charge < -0.3 is 14.8 Å². The zero-order chi connectivity index (χ0) is 19.6. The van der Waals surface area contributed by atoms with E-state index < -0.39 is 28.9 Å². The van der Waals surface area contributed by atoms with Crippen LogP contribution in [0.4, 0.5) is 0 Å². The van der Waals surface area contributed by atoms with Gasteiger partial charge in [0, 0.05) is 5.56 Å². The van der Waals surface area contributed by atoms with Crippen molar-refractivity contribution in [3.8, 4) is 0 Å². The number of carboxylic acid groups (broad SMARTS) is 1. The lowest BCUT2D eigenvalue weighted by atomic mass is 10.00. The number of carbonyl (C=O) groups is 2. The first-order valence-electron chi connectivity index (χ1n) is 8.09. The fraction of sp³-hybridized carbons (Fsp3) is 0.158. The zero-order valence-corrected chi connectivity index (χ0v) is 14.4. The van der Waals surface area contributed by atoms with Crippen LogP contribution in [0.25, 0.3) is 10.8 Å². The SMILES string of the molecule is COC(=O)c1ccc2cc(CCc3c(C(=O)O)[nH]c(=O)[nH]c3=O)ccc2c1. The highest BCUT2D eigenvalue weighted by atomic mass is 16.5. The summed E-state index contributed by atoms with van der Waals surface area (Å²) in [4.78, 5) is 50.3. The van der Waals surface area contributed by atoms with Gasteiger partial charge in [0.25, 0.3) is 5.56 Å². The fourth-order valence-corrected chi connectivity index (χ4v) is 2.90. The van der Waals surface area contributed by atoms with Crippen LogP contribution in [0.2, 0.25) is 0 Å². The van der Waals surface area contributed by atoms with E-state index in [0.717, 1.165) is 16.3 Å². The number of ether oxygens (including phenoxy) is 1. The van der Waals surface area contributed by atoms with E-state index in [9.17, 15) is 24.3 Å². The lowest BCUT2D eigenvalue weighted by molar-refractivity contribution is 0.0600. The number of methoxy groups -OCH3 is 1. The smallest absolute Gasteiger partial charge is 0.352 e. The number of fused-ring (bicyclic) bond motifs is 1. The quantitative estimate of drug-likeness (QED) is 0.585. The molecule has 1 heterocycles. The molecule has 138 valence electrons. The topological polar surface area (TPSA) is 129 Å². The van der Waals surface area contributed by atoms with E-state index in [2.05, 4.69) is 4.98 Å². The van der Waals surface area contributed by atoms with Crippen LogP contribution in [0, 0.1) is 0 Å². The van der Waals surface area contributed by atoms with Gasteiger partial charge >= 0.3 is 17.6 Å².